The summed E-state index contributed by atoms with van der Waals surface area (Å²) in [5.74, 6) is 0.309. The molecular formula is C13H14BrN3O2S. The van der Waals surface area contributed by atoms with Gasteiger partial charge in [-0.1, -0.05) is 6.07 Å². The molecule has 2 rings (SSSR count). The molecule has 0 spiro atoms. The Morgan fingerprint density at radius 1 is 1.25 bits per heavy atom. The van der Waals surface area contributed by atoms with Crippen molar-refractivity contribution in [2.45, 2.75) is 11.8 Å². The van der Waals surface area contributed by atoms with Crippen LogP contribution in [0.25, 0.3) is 0 Å². The number of sulfonamides is 1. The van der Waals surface area contributed by atoms with Crippen LogP contribution >= 0.6 is 15.9 Å². The largest absolute Gasteiger partial charge is 0.372 e. The quantitative estimate of drug-likeness (QED) is 0.884. The monoisotopic (exact) mass is 355 g/mol. The SMILES string of the molecule is CNc1ncccc1S(=O)(=O)Nc1cc(C)ccc1Br. The highest BCUT2D eigenvalue weighted by molar-refractivity contribution is 9.10. The molecule has 1 aromatic carbocycles. The fraction of sp³-hybridized carbons (Fsp3) is 0.154. The molecule has 0 aliphatic rings. The molecule has 0 saturated heterocycles. The first-order valence-electron chi connectivity index (χ1n) is 5.86. The van der Waals surface area contributed by atoms with Crippen LogP contribution in [0.5, 0.6) is 0 Å². The van der Waals surface area contributed by atoms with Gasteiger partial charge in [0.05, 0.1) is 5.69 Å². The summed E-state index contributed by atoms with van der Waals surface area (Å²) in [5.41, 5.74) is 1.46. The van der Waals surface area contributed by atoms with Crippen LogP contribution in [0.1, 0.15) is 5.56 Å². The number of aryl methyl sites for hydroxylation is 1. The number of aromatic nitrogens is 1. The van der Waals surface area contributed by atoms with Crippen LogP contribution in [0.2, 0.25) is 0 Å². The van der Waals surface area contributed by atoms with Crippen molar-refractivity contribution in [3.05, 3.63) is 46.6 Å². The highest BCUT2D eigenvalue weighted by Gasteiger charge is 2.19. The van der Waals surface area contributed by atoms with Crippen molar-refractivity contribution < 1.29 is 8.42 Å². The number of hydrogen-bond donors (Lipinski definition) is 2. The Morgan fingerprint density at radius 2 is 2.00 bits per heavy atom. The maximum atomic E-state index is 12.4. The predicted molar refractivity (Wildman–Crippen MR) is 83.5 cm³/mol. The van der Waals surface area contributed by atoms with Crippen LogP contribution in [-0.4, -0.2) is 20.4 Å². The van der Waals surface area contributed by atoms with Gasteiger partial charge in [0.2, 0.25) is 0 Å². The van der Waals surface area contributed by atoms with Gasteiger partial charge in [-0.3, -0.25) is 4.72 Å². The van der Waals surface area contributed by atoms with Crippen LogP contribution in [0.3, 0.4) is 0 Å². The van der Waals surface area contributed by atoms with Crippen molar-refractivity contribution >= 4 is 37.5 Å². The van der Waals surface area contributed by atoms with Gasteiger partial charge in [0.15, 0.2) is 0 Å². The zero-order chi connectivity index (χ0) is 14.8. The third kappa shape index (κ3) is 3.10. The van der Waals surface area contributed by atoms with E-state index in [0.29, 0.717) is 16.0 Å². The summed E-state index contributed by atoms with van der Waals surface area (Å²) in [6, 6.07) is 8.54. The molecule has 0 amide bonds. The number of halogens is 1. The van der Waals surface area contributed by atoms with Gasteiger partial charge >= 0.3 is 0 Å². The number of benzene rings is 1. The summed E-state index contributed by atoms with van der Waals surface area (Å²) in [7, 11) is -2.07. The fourth-order valence-electron chi connectivity index (χ4n) is 1.71. The molecule has 0 bridgehead atoms. The minimum atomic E-state index is -3.70. The number of rotatable bonds is 4. The van der Waals surface area contributed by atoms with E-state index in [0.717, 1.165) is 5.56 Å². The van der Waals surface area contributed by atoms with Gasteiger partial charge in [-0.05, 0) is 52.7 Å². The molecule has 106 valence electrons. The van der Waals surface area contributed by atoms with Gasteiger partial charge in [0.1, 0.15) is 10.7 Å². The Bertz CT molecular complexity index is 732. The van der Waals surface area contributed by atoms with E-state index in [1.54, 1.807) is 25.2 Å². The summed E-state index contributed by atoms with van der Waals surface area (Å²) in [6.45, 7) is 1.90. The number of hydrogen-bond acceptors (Lipinski definition) is 4. The zero-order valence-corrected chi connectivity index (χ0v) is 13.4. The van der Waals surface area contributed by atoms with Gasteiger partial charge in [0, 0.05) is 17.7 Å². The molecule has 0 aliphatic heterocycles. The minimum absolute atomic E-state index is 0.107. The molecule has 2 N–H and O–H groups in total. The van der Waals surface area contributed by atoms with Crippen LogP contribution in [0.15, 0.2) is 45.9 Å². The molecule has 1 heterocycles. The summed E-state index contributed by atoms with van der Waals surface area (Å²) in [5, 5.41) is 2.77. The average molecular weight is 356 g/mol. The summed E-state index contributed by atoms with van der Waals surface area (Å²) < 4.78 is 28.1. The molecule has 20 heavy (non-hydrogen) atoms. The predicted octanol–water partition coefficient (Wildman–Crippen LogP) is 3.00. The molecule has 2 aromatic rings. The lowest BCUT2D eigenvalue weighted by molar-refractivity contribution is 0.601. The van der Waals surface area contributed by atoms with Gasteiger partial charge in [0.25, 0.3) is 10.0 Å². The van der Waals surface area contributed by atoms with Crippen LogP contribution in [-0.2, 0) is 10.0 Å². The lowest BCUT2D eigenvalue weighted by atomic mass is 10.2. The van der Waals surface area contributed by atoms with E-state index < -0.39 is 10.0 Å². The summed E-state index contributed by atoms with van der Waals surface area (Å²) in [6.07, 6.45) is 1.54. The van der Waals surface area contributed by atoms with E-state index >= 15 is 0 Å². The van der Waals surface area contributed by atoms with E-state index in [4.69, 9.17) is 0 Å². The first-order valence-corrected chi connectivity index (χ1v) is 8.13. The third-order valence-corrected chi connectivity index (χ3v) is 4.75. The van der Waals surface area contributed by atoms with Crippen molar-refractivity contribution in [2.24, 2.45) is 0 Å². The summed E-state index contributed by atoms with van der Waals surface area (Å²) in [4.78, 5) is 4.11. The van der Waals surface area contributed by atoms with Gasteiger partial charge in [-0.2, -0.15) is 0 Å². The molecule has 0 atom stereocenters. The molecule has 5 nitrogen and oxygen atoms in total. The second-order valence-corrected chi connectivity index (χ2v) is 6.69. The van der Waals surface area contributed by atoms with Gasteiger partial charge in [-0.15, -0.1) is 0 Å². The zero-order valence-electron chi connectivity index (χ0n) is 11.0. The smallest absolute Gasteiger partial charge is 0.265 e. The molecule has 0 aliphatic carbocycles. The van der Waals surface area contributed by atoms with Gasteiger partial charge in [-0.25, -0.2) is 13.4 Å². The van der Waals surface area contributed by atoms with Crippen molar-refractivity contribution in [2.75, 3.05) is 17.1 Å². The van der Waals surface area contributed by atoms with Crippen molar-refractivity contribution in [3.8, 4) is 0 Å². The average Bonchev–Trinajstić information content (AvgIpc) is 2.42. The van der Waals surface area contributed by atoms with Crippen molar-refractivity contribution in [1.82, 2.24) is 4.98 Å². The highest BCUT2D eigenvalue weighted by atomic mass is 79.9. The van der Waals surface area contributed by atoms with Crippen LogP contribution in [0, 0.1) is 6.92 Å². The molecule has 0 unspecified atom stereocenters. The van der Waals surface area contributed by atoms with Crippen molar-refractivity contribution in [1.29, 1.82) is 0 Å². The van der Waals surface area contributed by atoms with Gasteiger partial charge < -0.3 is 5.32 Å². The summed E-state index contributed by atoms with van der Waals surface area (Å²) >= 11 is 3.33. The highest BCUT2D eigenvalue weighted by Crippen LogP contribution is 2.27. The van der Waals surface area contributed by atoms with Crippen molar-refractivity contribution in [3.63, 3.8) is 0 Å². The third-order valence-electron chi connectivity index (χ3n) is 2.66. The minimum Gasteiger partial charge on any atom is -0.372 e. The molecule has 0 fully saturated rings. The molecule has 0 radical (unpaired) electrons. The van der Waals surface area contributed by atoms with Crippen LogP contribution in [0.4, 0.5) is 11.5 Å². The first-order chi connectivity index (χ1) is 9.44. The fourth-order valence-corrected chi connectivity index (χ4v) is 3.42. The lowest BCUT2D eigenvalue weighted by Gasteiger charge is -2.12. The standard InChI is InChI=1S/C13H14BrN3O2S/c1-9-5-6-10(14)11(8-9)17-20(18,19)12-4-3-7-16-13(12)15-2/h3-8,17H,1-2H3,(H,15,16). The number of anilines is 2. The van der Waals surface area contributed by atoms with E-state index in [9.17, 15) is 8.42 Å². The maximum Gasteiger partial charge on any atom is 0.265 e. The molecular weight excluding hydrogens is 342 g/mol. The Balaban J connectivity index is 2.43. The molecule has 7 heteroatoms. The topological polar surface area (TPSA) is 71.1 Å². The first kappa shape index (κ1) is 14.8. The van der Waals surface area contributed by atoms with E-state index in [-0.39, 0.29) is 4.90 Å². The van der Waals surface area contributed by atoms with E-state index in [1.165, 1.54) is 12.3 Å². The van der Waals surface area contributed by atoms with E-state index in [2.05, 4.69) is 31.0 Å². The number of nitrogens with zero attached hydrogens (tertiary/aromatic N) is 1. The van der Waals surface area contributed by atoms with E-state index in [1.807, 2.05) is 13.0 Å². The maximum absolute atomic E-state index is 12.4. The lowest BCUT2D eigenvalue weighted by Crippen LogP contribution is -2.15. The number of pyridine rings is 1. The Morgan fingerprint density at radius 3 is 2.70 bits per heavy atom. The second-order valence-electron chi connectivity index (χ2n) is 4.19. The Kier molecular flexibility index (Phi) is 4.29. The molecule has 0 saturated carbocycles. The Labute approximate surface area is 126 Å². The normalized spacial score (nSPS) is 11.2. The number of nitrogens with one attached hydrogen (secondary N) is 2. The Hall–Kier alpha value is -1.60. The molecule has 1 aromatic heterocycles. The van der Waals surface area contributed by atoms with Crippen LogP contribution < -0.4 is 10.0 Å². The second kappa shape index (κ2) is 5.80.